The highest BCUT2D eigenvalue weighted by Gasteiger charge is 2.36. The molecular weight excluding hydrogens is 280 g/mol. The topological polar surface area (TPSA) is 143 Å². The molecule has 2 amide bonds. The molecule has 0 radical (unpaired) electrons. The van der Waals surface area contributed by atoms with Crippen molar-refractivity contribution in [2.75, 3.05) is 19.6 Å². The average molecular weight is 296 g/mol. The highest BCUT2D eigenvalue weighted by molar-refractivity contribution is 5.97. The second-order valence-electron chi connectivity index (χ2n) is 4.56. The molecule has 1 unspecified atom stereocenters. The fourth-order valence-corrected chi connectivity index (χ4v) is 2.11. The molecular formula is C11H16N6O4. The van der Waals surface area contributed by atoms with Gasteiger partial charge in [0.1, 0.15) is 6.04 Å². The van der Waals surface area contributed by atoms with E-state index in [2.05, 4.69) is 15.6 Å². The lowest BCUT2D eigenvalue weighted by Crippen LogP contribution is -2.57. The maximum absolute atomic E-state index is 12.4. The number of aliphatic carboxylic acids is 1. The minimum atomic E-state index is -1.15. The van der Waals surface area contributed by atoms with Crippen LogP contribution in [0.15, 0.2) is 6.20 Å². The maximum Gasteiger partial charge on any atom is 0.305 e. The van der Waals surface area contributed by atoms with E-state index in [-0.39, 0.29) is 18.8 Å². The molecule has 0 bridgehead atoms. The summed E-state index contributed by atoms with van der Waals surface area (Å²) in [5.41, 5.74) is 5.45. The molecule has 21 heavy (non-hydrogen) atoms. The number of carboxylic acids is 1. The van der Waals surface area contributed by atoms with Gasteiger partial charge in [-0.3, -0.25) is 19.1 Å². The van der Waals surface area contributed by atoms with Gasteiger partial charge >= 0.3 is 5.97 Å². The largest absolute Gasteiger partial charge is 0.481 e. The van der Waals surface area contributed by atoms with Gasteiger partial charge in [0.25, 0.3) is 5.91 Å². The van der Waals surface area contributed by atoms with Crippen LogP contribution in [-0.2, 0) is 16.1 Å². The molecule has 114 valence electrons. The van der Waals surface area contributed by atoms with E-state index in [1.165, 1.54) is 15.8 Å². The zero-order chi connectivity index (χ0) is 15.4. The standard InChI is InChI=1S/C11H16N6O4/c12-1-3-16-6-7(14-15-16)11(21)17-4-2-13-10(20)8(17)5-9(18)19/h6,8H,1-5,12H2,(H,13,20)(H,18,19). The van der Waals surface area contributed by atoms with Crippen LogP contribution in [0.4, 0.5) is 0 Å². The molecule has 1 aliphatic heterocycles. The summed E-state index contributed by atoms with van der Waals surface area (Å²) < 4.78 is 1.42. The lowest BCUT2D eigenvalue weighted by Gasteiger charge is -2.33. The van der Waals surface area contributed by atoms with E-state index >= 15 is 0 Å². The number of hydrogen-bond acceptors (Lipinski definition) is 6. The Morgan fingerprint density at radius 2 is 2.29 bits per heavy atom. The number of nitrogens with zero attached hydrogens (tertiary/aromatic N) is 4. The van der Waals surface area contributed by atoms with Crippen LogP contribution in [-0.4, -0.2) is 68.5 Å². The Kier molecular flexibility index (Phi) is 4.48. The number of nitrogens with two attached hydrogens (primary N) is 1. The first-order valence-corrected chi connectivity index (χ1v) is 6.43. The second-order valence-corrected chi connectivity index (χ2v) is 4.56. The first-order chi connectivity index (χ1) is 10.0. The molecule has 10 nitrogen and oxygen atoms in total. The number of carboxylic acid groups (broad SMARTS) is 1. The predicted octanol–water partition coefficient (Wildman–Crippen LogP) is -2.35. The van der Waals surface area contributed by atoms with Crippen LogP contribution < -0.4 is 11.1 Å². The van der Waals surface area contributed by atoms with Crippen LogP contribution in [0.25, 0.3) is 0 Å². The first-order valence-electron chi connectivity index (χ1n) is 6.43. The number of carbonyl (C=O) groups excluding carboxylic acids is 2. The van der Waals surface area contributed by atoms with Gasteiger partial charge in [0, 0.05) is 19.6 Å². The lowest BCUT2D eigenvalue weighted by molar-refractivity contribution is -0.142. The van der Waals surface area contributed by atoms with Crippen LogP contribution in [0.3, 0.4) is 0 Å². The summed E-state index contributed by atoms with van der Waals surface area (Å²) in [7, 11) is 0. The number of nitrogens with one attached hydrogen (secondary N) is 1. The zero-order valence-corrected chi connectivity index (χ0v) is 11.2. The molecule has 1 atom stereocenters. The highest BCUT2D eigenvalue weighted by Crippen LogP contribution is 2.12. The number of carbonyl (C=O) groups is 3. The van der Waals surface area contributed by atoms with Gasteiger partial charge < -0.3 is 21.1 Å². The fraction of sp³-hybridized carbons (Fsp3) is 0.545. The van der Waals surface area contributed by atoms with Gasteiger partial charge in [0.15, 0.2) is 5.69 Å². The van der Waals surface area contributed by atoms with Gasteiger partial charge in [-0.2, -0.15) is 0 Å². The molecule has 1 aromatic rings. The van der Waals surface area contributed by atoms with Gasteiger partial charge in [-0.1, -0.05) is 5.21 Å². The SMILES string of the molecule is NCCn1cc(C(=O)N2CCNC(=O)C2CC(=O)O)nn1. The van der Waals surface area contributed by atoms with E-state index in [1.807, 2.05) is 0 Å². The zero-order valence-electron chi connectivity index (χ0n) is 11.2. The summed E-state index contributed by atoms with van der Waals surface area (Å²) in [6.45, 7) is 1.27. The van der Waals surface area contributed by atoms with Crippen LogP contribution in [0.1, 0.15) is 16.9 Å². The van der Waals surface area contributed by atoms with Gasteiger partial charge in [-0.25, -0.2) is 0 Å². The Labute approximate surface area is 119 Å². The predicted molar refractivity (Wildman–Crippen MR) is 69.2 cm³/mol. The maximum atomic E-state index is 12.4. The average Bonchev–Trinajstić information content (AvgIpc) is 2.89. The number of aromatic nitrogens is 3. The smallest absolute Gasteiger partial charge is 0.305 e. The fourth-order valence-electron chi connectivity index (χ4n) is 2.11. The third-order valence-electron chi connectivity index (χ3n) is 3.08. The normalized spacial score (nSPS) is 18.4. The molecule has 0 aromatic carbocycles. The molecule has 1 fully saturated rings. The van der Waals surface area contributed by atoms with Crippen molar-refractivity contribution in [1.82, 2.24) is 25.2 Å². The minimum absolute atomic E-state index is 0.0635. The summed E-state index contributed by atoms with van der Waals surface area (Å²) in [6.07, 6.45) is 0.980. The van der Waals surface area contributed by atoms with Crippen molar-refractivity contribution in [1.29, 1.82) is 0 Å². The van der Waals surface area contributed by atoms with Gasteiger partial charge in [0.2, 0.25) is 5.91 Å². The Morgan fingerprint density at radius 1 is 1.52 bits per heavy atom. The Balaban J connectivity index is 2.17. The number of rotatable bonds is 5. The van der Waals surface area contributed by atoms with Crippen molar-refractivity contribution in [3.8, 4) is 0 Å². The number of hydrogen-bond donors (Lipinski definition) is 3. The van der Waals surface area contributed by atoms with Gasteiger partial charge in [-0.15, -0.1) is 5.10 Å². The Bertz CT molecular complexity index is 557. The van der Waals surface area contributed by atoms with Crippen LogP contribution in [0.5, 0.6) is 0 Å². The van der Waals surface area contributed by atoms with E-state index < -0.39 is 30.2 Å². The summed E-state index contributed by atoms with van der Waals surface area (Å²) in [4.78, 5) is 36.2. The molecule has 2 heterocycles. The summed E-state index contributed by atoms with van der Waals surface area (Å²) >= 11 is 0. The van der Waals surface area contributed by atoms with Crippen molar-refractivity contribution in [3.63, 3.8) is 0 Å². The Hall–Kier alpha value is -2.49. The quantitative estimate of drug-likeness (QED) is 0.552. The highest BCUT2D eigenvalue weighted by atomic mass is 16.4. The van der Waals surface area contributed by atoms with E-state index in [1.54, 1.807) is 0 Å². The van der Waals surface area contributed by atoms with Crippen molar-refractivity contribution in [2.24, 2.45) is 5.73 Å². The van der Waals surface area contributed by atoms with Crippen molar-refractivity contribution in [3.05, 3.63) is 11.9 Å². The minimum Gasteiger partial charge on any atom is -0.481 e. The summed E-state index contributed by atoms with van der Waals surface area (Å²) in [5.74, 6) is -2.15. The van der Waals surface area contributed by atoms with Crippen LogP contribution >= 0.6 is 0 Å². The summed E-state index contributed by atoms with van der Waals surface area (Å²) in [6, 6.07) is -1.04. The molecule has 2 rings (SSSR count). The first kappa shape index (κ1) is 14.9. The summed E-state index contributed by atoms with van der Waals surface area (Å²) in [5, 5.41) is 18.9. The molecule has 1 aliphatic rings. The van der Waals surface area contributed by atoms with Crippen molar-refractivity contribution >= 4 is 17.8 Å². The Morgan fingerprint density at radius 3 is 2.95 bits per heavy atom. The molecule has 0 spiro atoms. The third-order valence-corrected chi connectivity index (χ3v) is 3.08. The van der Waals surface area contributed by atoms with Crippen LogP contribution in [0.2, 0.25) is 0 Å². The van der Waals surface area contributed by atoms with Gasteiger partial charge in [0.05, 0.1) is 19.2 Å². The van der Waals surface area contributed by atoms with Gasteiger partial charge in [-0.05, 0) is 0 Å². The molecule has 1 aromatic heterocycles. The molecule has 0 aliphatic carbocycles. The van der Waals surface area contributed by atoms with Crippen molar-refractivity contribution < 1.29 is 19.5 Å². The van der Waals surface area contributed by atoms with Crippen LogP contribution in [0, 0.1) is 0 Å². The van der Waals surface area contributed by atoms with E-state index in [0.717, 1.165) is 0 Å². The monoisotopic (exact) mass is 296 g/mol. The molecule has 10 heteroatoms. The second kappa shape index (κ2) is 6.31. The lowest BCUT2D eigenvalue weighted by atomic mass is 10.1. The number of amides is 2. The molecule has 1 saturated heterocycles. The third kappa shape index (κ3) is 3.34. The number of piperazine rings is 1. The van der Waals surface area contributed by atoms with E-state index in [4.69, 9.17) is 10.8 Å². The molecule has 4 N–H and O–H groups in total. The molecule has 0 saturated carbocycles. The van der Waals surface area contributed by atoms with Crippen molar-refractivity contribution in [2.45, 2.75) is 19.0 Å². The van der Waals surface area contributed by atoms with E-state index in [9.17, 15) is 14.4 Å². The van der Waals surface area contributed by atoms with E-state index in [0.29, 0.717) is 13.1 Å².